The second kappa shape index (κ2) is 7.68. The standard InChI is InChI=1S/C27H28N4S/c1-17-7-8-18(2)29(17)24-13-23(26-15-28-16-32-26)14-25(30-19(3)9-10-20(30)4)27(24)31-21(5)11-12-22(31)6/h7-16H,1-6H3. The Kier molecular flexibility index (Phi) is 4.94. The summed E-state index contributed by atoms with van der Waals surface area (Å²) in [6.07, 6.45) is 1.96. The smallest absolute Gasteiger partial charge is 0.0941 e. The van der Waals surface area contributed by atoms with Crippen molar-refractivity contribution in [3.8, 4) is 27.5 Å². The Labute approximate surface area is 193 Å². The Morgan fingerprint density at radius 1 is 0.594 bits per heavy atom. The SMILES string of the molecule is Cc1ccc(C)n1-c1cc(-c2cncs2)cc(-n2c(C)ccc2C)c1-n1c(C)ccc1C. The number of rotatable bonds is 4. The third-order valence-electron chi connectivity index (χ3n) is 6.31. The van der Waals surface area contributed by atoms with Gasteiger partial charge in [-0.3, -0.25) is 4.98 Å². The third-order valence-corrected chi connectivity index (χ3v) is 7.13. The maximum Gasteiger partial charge on any atom is 0.0941 e. The summed E-state index contributed by atoms with van der Waals surface area (Å²) in [5, 5.41) is 0. The van der Waals surface area contributed by atoms with Gasteiger partial charge in [0.15, 0.2) is 0 Å². The molecule has 0 fully saturated rings. The molecule has 0 aliphatic rings. The molecule has 5 aromatic rings. The van der Waals surface area contributed by atoms with Crippen molar-refractivity contribution >= 4 is 11.3 Å². The predicted molar refractivity (Wildman–Crippen MR) is 134 cm³/mol. The van der Waals surface area contributed by atoms with Gasteiger partial charge in [0.25, 0.3) is 0 Å². The molecule has 0 radical (unpaired) electrons. The first kappa shape index (κ1) is 20.6. The second-order valence-corrected chi connectivity index (χ2v) is 9.47. The van der Waals surface area contributed by atoms with E-state index < -0.39 is 0 Å². The molecule has 32 heavy (non-hydrogen) atoms. The molecule has 0 unspecified atom stereocenters. The van der Waals surface area contributed by atoms with Crippen molar-refractivity contribution in [1.29, 1.82) is 0 Å². The monoisotopic (exact) mass is 440 g/mol. The molecule has 0 spiro atoms. The van der Waals surface area contributed by atoms with E-state index in [1.807, 2.05) is 11.7 Å². The lowest BCUT2D eigenvalue weighted by Crippen LogP contribution is -2.13. The lowest BCUT2D eigenvalue weighted by molar-refractivity contribution is 0.874. The third kappa shape index (κ3) is 3.16. The molecule has 0 aliphatic heterocycles. The zero-order valence-electron chi connectivity index (χ0n) is 19.5. The van der Waals surface area contributed by atoms with Crippen molar-refractivity contribution in [2.75, 3.05) is 0 Å². The summed E-state index contributed by atoms with van der Waals surface area (Å²) >= 11 is 1.68. The van der Waals surface area contributed by atoms with E-state index >= 15 is 0 Å². The van der Waals surface area contributed by atoms with E-state index in [1.54, 1.807) is 11.3 Å². The first-order valence-electron chi connectivity index (χ1n) is 10.9. The highest BCUT2D eigenvalue weighted by molar-refractivity contribution is 7.13. The van der Waals surface area contributed by atoms with Gasteiger partial charge in [-0.15, -0.1) is 11.3 Å². The summed E-state index contributed by atoms with van der Waals surface area (Å²) in [7, 11) is 0. The molecule has 1 aromatic carbocycles. The van der Waals surface area contributed by atoms with E-state index in [1.165, 1.54) is 61.7 Å². The van der Waals surface area contributed by atoms with E-state index in [-0.39, 0.29) is 0 Å². The zero-order chi connectivity index (χ0) is 22.6. The molecule has 0 saturated carbocycles. The van der Waals surface area contributed by atoms with Gasteiger partial charge < -0.3 is 13.7 Å². The maximum absolute atomic E-state index is 4.35. The van der Waals surface area contributed by atoms with Crippen LogP contribution in [0, 0.1) is 41.5 Å². The van der Waals surface area contributed by atoms with E-state index in [9.17, 15) is 0 Å². The summed E-state index contributed by atoms with van der Waals surface area (Å²) in [5.41, 5.74) is 14.0. The molecule has 0 bridgehead atoms. The molecule has 4 nitrogen and oxygen atoms in total. The van der Waals surface area contributed by atoms with Crippen LogP contribution in [0.2, 0.25) is 0 Å². The number of benzene rings is 1. The Morgan fingerprint density at radius 2 is 1.00 bits per heavy atom. The van der Waals surface area contributed by atoms with E-state index in [0.717, 1.165) is 0 Å². The maximum atomic E-state index is 4.35. The molecule has 4 heterocycles. The molecule has 5 heteroatoms. The fourth-order valence-electron chi connectivity index (χ4n) is 4.79. The lowest BCUT2D eigenvalue weighted by atomic mass is 10.1. The van der Waals surface area contributed by atoms with Crippen molar-refractivity contribution in [2.45, 2.75) is 41.5 Å². The number of hydrogen-bond acceptors (Lipinski definition) is 2. The van der Waals surface area contributed by atoms with E-state index in [0.29, 0.717) is 0 Å². The Hall–Kier alpha value is -3.31. The van der Waals surface area contributed by atoms with Crippen LogP contribution >= 0.6 is 11.3 Å². The first-order chi connectivity index (χ1) is 15.4. The summed E-state index contributed by atoms with van der Waals surface area (Å²) in [6, 6.07) is 17.8. The fraction of sp³-hybridized carbons (Fsp3) is 0.222. The second-order valence-electron chi connectivity index (χ2n) is 8.58. The fourth-order valence-corrected chi connectivity index (χ4v) is 5.40. The van der Waals surface area contributed by atoms with Gasteiger partial charge >= 0.3 is 0 Å². The molecular weight excluding hydrogens is 412 g/mol. The van der Waals surface area contributed by atoms with E-state index in [4.69, 9.17) is 0 Å². The van der Waals surface area contributed by atoms with Gasteiger partial charge in [0.05, 0.1) is 27.4 Å². The van der Waals surface area contributed by atoms with Crippen LogP contribution in [0.5, 0.6) is 0 Å². The Morgan fingerprint density at radius 3 is 1.38 bits per heavy atom. The van der Waals surface area contributed by atoms with Crippen LogP contribution in [0.25, 0.3) is 27.5 Å². The van der Waals surface area contributed by atoms with Crippen LogP contribution < -0.4 is 0 Å². The Bertz CT molecular complexity index is 1300. The van der Waals surface area contributed by atoms with Crippen molar-refractivity contribution in [1.82, 2.24) is 18.7 Å². The van der Waals surface area contributed by atoms with Crippen LogP contribution in [-0.2, 0) is 0 Å². The lowest BCUT2D eigenvalue weighted by Gasteiger charge is -2.25. The largest absolute Gasteiger partial charge is 0.316 e. The van der Waals surface area contributed by atoms with Crippen molar-refractivity contribution in [3.63, 3.8) is 0 Å². The normalized spacial score (nSPS) is 11.4. The van der Waals surface area contributed by atoms with Crippen molar-refractivity contribution in [3.05, 3.63) is 94.4 Å². The van der Waals surface area contributed by atoms with Crippen molar-refractivity contribution < 1.29 is 0 Å². The van der Waals surface area contributed by atoms with Gasteiger partial charge in [0.1, 0.15) is 0 Å². The summed E-state index contributed by atoms with van der Waals surface area (Å²) < 4.78 is 7.13. The van der Waals surface area contributed by atoms with Crippen LogP contribution in [0.4, 0.5) is 0 Å². The number of aromatic nitrogens is 4. The molecule has 5 rings (SSSR count). The van der Waals surface area contributed by atoms with Gasteiger partial charge in [0, 0.05) is 40.4 Å². The average molecular weight is 441 g/mol. The predicted octanol–water partition coefficient (Wildman–Crippen LogP) is 7.03. The molecule has 0 saturated heterocycles. The molecule has 0 atom stereocenters. The highest BCUT2D eigenvalue weighted by atomic mass is 32.1. The molecule has 162 valence electrons. The highest BCUT2D eigenvalue weighted by Crippen LogP contribution is 2.38. The highest BCUT2D eigenvalue weighted by Gasteiger charge is 2.22. The summed E-state index contributed by atoms with van der Waals surface area (Å²) in [4.78, 5) is 5.53. The molecular formula is C27H28N4S. The van der Waals surface area contributed by atoms with Crippen LogP contribution in [0.3, 0.4) is 0 Å². The van der Waals surface area contributed by atoms with Gasteiger partial charge in [0.2, 0.25) is 0 Å². The number of thiazole rings is 1. The first-order valence-corrected chi connectivity index (χ1v) is 11.8. The minimum Gasteiger partial charge on any atom is -0.316 e. The van der Waals surface area contributed by atoms with Gasteiger partial charge in [-0.25, -0.2) is 0 Å². The average Bonchev–Trinajstić information content (AvgIpc) is 3.53. The van der Waals surface area contributed by atoms with Gasteiger partial charge in [-0.1, -0.05) is 0 Å². The minimum absolute atomic E-state index is 1.17. The van der Waals surface area contributed by atoms with Crippen LogP contribution in [0.1, 0.15) is 34.2 Å². The van der Waals surface area contributed by atoms with Crippen LogP contribution in [-0.4, -0.2) is 18.7 Å². The summed E-state index contributed by atoms with van der Waals surface area (Å²) in [5.74, 6) is 0. The molecule has 0 N–H and O–H groups in total. The minimum atomic E-state index is 1.17. The molecule has 0 amide bonds. The van der Waals surface area contributed by atoms with Gasteiger partial charge in [-0.2, -0.15) is 0 Å². The molecule has 0 aliphatic carbocycles. The molecule has 4 aromatic heterocycles. The van der Waals surface area contributed by atoms with Crippen LogP contribution in [0.15, 0.2) is 60.2 Å². The number of aryl methyl sites for hydroxylation is 6. The zero-order valence-corrected chi connectivity index (χ0v) is 20.3. The van der Waals surface area contributed by atoms with Gasteiger partial charge in [-0.05, 0) is 95.6 Å². The topological polar surface area (TPSA) is 27.7 Å². The van der Waals surface area contributed by atoms with E-state index in [2.05, 4.69) is 109 Å². The number of hydrogen-bond donors (Lipinski definition) is 0. The number of nitrogens with zero attached hydrogens (tertiary/aromatic N) is 4. The summed E-state index contributed by atoms with van der Waals surface area (Å²) in [6.45, 7) is 13.1. The quantitative estimate of drug-likeness (QED) is 0.295. The Balaban J connectivity index is 1.99. The van der Waals surface area contributed by atoms with Crippen molar-refractivity contribution in [2.24, 2.45) is 0 Å².